The lowest BCUT2D eigenvalue weighted by atomic mass is 9.87. The van der Waals surface area contributed by atoms with Crippen molar-refractivity contribution in [1.82, 2.24) is 0 Å². The number of methoxy groups -OCH3 is 1. The van der Waals surface area contributed by atoms with Crippen LogP contribution in [0.1, 0.15) is 30.0 Å². The number of rotatable bonds is 3. The van der Waals surface area contributed by atoms with Crippen LogP contribution >= 0.6 is 0 Å². The fraction of sp³-hybridized carbons (Fsp3) is 0.294. The normalized spacial score (nSPS) is 17.4. The molecule has 0 saturated heterocycles. The summed E-state index contributed by atoms with van der Waals surface area (Å²) >= 11 is 0. The lowest BCUT2D eigenvalue weighted by Gasteiger charge is -2.27. The van der Waals surface area contributed by atoms with Gasteiger partial charge >= 0.3 is 0 Å². The zero-order chi connectivity index (χ0) is 13.9. The third-order valence-electron chi connectivity index (χ3n) is 3.87. The van der Waals surface area contributed by atoms with E-state index in [-0.39, 0.29) is 6.04 Å². The molecule has 1 unspecified atom stereocenters. The zero-order valence-electron chi connectivity index (χ0n) is 11.6. The number of phenolic OH excluding ortho intramolecular Hbond substituents is 1. The Kier molecular flexibility index (Phi) is 3.50. The van der Waals surface area contributed by atoms with E-state index in [1.165, 1.54) is 17.5 Å². The quantitative estimate of drug-likeness (QED) is 0.888. The first-order valence-electron chi connectivity index (χ1n) is 6.98. The van der Waals surface area contributed by atoms with Gasteiger partial charge in [-0.05, 0) is 66.8 Å². The number of anilines is 1. The second-order valence-corrected chi connectivity index (χ2v) is 5.20. The molecule has 2 N–H and O–H groups in total. The Morgan fingerprint density at radius 1 is 1.15 bits per heavy atom. The van der Waals surface area contributed by atoms with Crippen molar-refractivity contribution in [2.24, 2.45) is 0 Å². The molecular weight excluding hydrogens is 250 g/mol. The topological polar surface area (TPSA) is 41.5 Å². The SMILES string of the molecule is COc1ccc(NC2CCCc3ccc(O)cc32)cc1. The fourth-order valence-corrected chi connectivity index (χ4v) is 2.82. The predicted molar refractivity (Wildman–Crippen MR) is 80.4 cm³/mol. The van der Waals surface area contributed by atoms with Crippen LogP contribution in [0.25, 0.3) is 0 Å². The van der Waals surface area contributed by atoms with Crippen molar-refractivity contribution in [2.45, 2.75) is 25.3 Å². The van der Waals surface area contributed by atoms with Gasteiger partial charge in [-0.25, -0.2) is 0 Å². The molecule has 0 fully saturated rings. The minimum atomic E-state index is 0.263. The molecule has 0 radical (unpaired) electrons. The van der Waals surface area contributed by atoms with Crippen molar-refractivity contribution in [3.63, 3.8) is 0 Å². The molecule has 104 valence electrons. The third kappa shape index (κ3) is 2.57. The zero-order valence-corrected chi connectivity index (χ0v) is 11.6. The van der Waals surface area contributed by atoms with Crippen LogP contribution in [0.2, 0.25) is 0 Å². The first kappa shape index (κ1) is 12.9. The molecule has 0 amide bonds. The van der Waals surface area contributed by atoms with E-state index in [0.717, 1.165) is 24.3 Å². The van der Waals surface area contributed by atoms with E-state index in [4.69, 9.17) is 4.74 Å². The third-order valence-corrected chi connectivity index (χ3v) is 3.87. The molecule has 1 aliphatic rings. The highest BCUT2D eigenvalue weighted by Crippen LogP contribution is 2.34. The molecule has 3 heteroatoms. The van der Waals surface area contributed by atoms with Gasteiger partial charge in [-0.3, -0.25) is 0 Å². The molecule has 3 nitrogen and oxygen atoms in total. The van der Waals surface area contributed by atoms with Gasteiger partial charge in [0.25, 0.3) is 0 Å². The van der Waals surface area contributed by atoms with Crippen LogP contribution in [0.4, 0.5) is 5.69 Å². The predicted octanol–water partition coefficient (Wildman–Crippen LogP) is 3.89. The minimum Gasteiger partial charge on any atom is -0.508 e. The number of hydrogen-bond acceptors (Lipinski definition) is 3. The number of hydrogen-bond donors (Lipinski definition) is 2. The molecule has 0 saturated carbocycles. The van der Waals surface area contributed by atoms with Gasteiger partial charge in [0, 0.05) is 5.69 Å². The molecule has 20 heavy (non-hydrogen) atoms. The first-order valence-corrected chi connectivity index (χ1v) is 6.98. The Morgan fingerprint density at radius 2 is 1.95 bits per heavy atom. The first-order chi connectivity index (χ1) is 9.76. The van der Waals surface area contributed by atoms with Crippen LogP contribution in [0.5, 0.6) is 11.5 Å². The number of nitrogens with one attached hydrogen (secondary N) is 1. The van der Waals surface area contributed by atoms with E-state index in [9.17, 15) is 5.11 Å². The van der Waals surface area contributed by atoms with E-state index in [2.05, 4.69) is 5.32 Å². The Bertz CT molecular complexity index is 592. The van der Waals surface area contributed by atoms with Gasteiger partial charge in [0.1, 0.15) is 11.5 Å². The summed E-state index contributed by atoms with van der Waals surface area (Å²) in [5, 5.41) is 13.2. The summed E-state index contributed by atoms with van der Waals surface area (Å²) in [4.78, 5) is 0. The van der Waals surface area contributed by atoms with Crippen molar-refractivity contribution in [3.8, 4) is 11.5 Å². The van der Waals surface area contributed by atoms with Crippen molar-refractivity contribution < 1.29 is 9.84 Å². The van der Waals surface area contributed by atoms with Crippen LogP contribution in [-0.4, -0.2) is 12.2 Å². The van der Waals surface area contributed by atoms with Crippen LogP contribution in [0.3, 0.4) is 0 Å². The molecule has 1 aliphatic carbocycles. The summed E-state index contributed by atoms with van der Waals surface area (Å²) in [6.45, 7) is 0. The number of benzene rings is 2. The molecule has 0 aliphatic heterocycles. The van der Waals surface area contributed by atoms with Gasteiger partial charge in [0.15, 0.2) is 0 Å². The standard InChI is InChI=1S/C17H19NO2/c1-20-15-9-6-13(7-10-15)18-17-4-2-3-12-5-8-14(19)11-16(12)17/h5-11,17-19H,2-4H2,1H3. The van der Waals surface area contributed by atoms with Crippen LogP contribution in [0.15, 0.2) is 42.5 Å². The van der Waals surface area contributed by atoms with E-state index in [1.807, 2.05) is 36.4 Å². The molecule has 0 spiro atoms. The highest BCUT2D eigenvalue weighted by atomic mass is 16.5. The molecule has 0 bridgehead atoms. The molecular formula is C17H19NO2. The Hall–Kier alpha value is -2.16. The lowest BCUT2D eigenvalue weighted by molar-refractivity contribution is 0.415. The average molecular weight is 269 g/mol. The minimum absolute atomic E-state index is 0.263. The molecule has 3 rings (SSSR count). The maximum Gasteiger partial charge on any atom is 0.119 e. The summed E-state index contributed by atoms with van der Waals surface area (Å²) in [6.07, 6.45) is 3.35. The second-order valence-electron chi connectivity index (χ2n) is 5.20. The largest absolute Gasteiger partial charge is 0.508 e. The highest BCUT2D eigenvalue weighted by Gasteiger charge is 2.20. The van der Waals surface area contributed by atoms with E-state index in [1.54, 1.807) is 13.2 Å². The molecule has 2 aromatic rings. The van der Waals surface area contributed by atoms with E-state index >= 15 is 0 Å². The number of phenols is 1. The smallest absolute Gasteiger partial charge is 0.119 e. The Labute approximate surface area is 119 Å². The van der Waals surface area contributed by atoms with Gasteiger partial charge in [-0.1, -0.05) is 6.07 Å². The highest BCUT2D eigenvalue weighted by molar-refractivity contribution is 5.50. The van der Waals surface area contributed by atoms with Gasteiger partial charge in [-0.15, -0.1) is 0 Å². The lowest BCUT2D eigenvalue weighted by Crippen LogP contribution is -2.17. The van der Waals surface area contributed by atoms with E-state index in [0.29, 0.717) is 5.75 Å². The Morgan fingerprint density at radius 3 is 2.70 bits per heavy atom. The van der Waals surface area contributed by atoms with Gasteiger partial charge < -0.3 is 15.2 Å². The monoisotopic (exact) mass is 269 g/mol. The summed E-state index contributed by atoms with van der Waals surface area (Å²) in [7, 11) is 1.67. The number of aromatic hydroxyl groups is 1. The average Bonchev–Trinajstić information content (AvgIpc) is 2.49. The van der Waals surface area contributed by atoms with Gasteiger partial charge in [0.2, 0.25) is 0 Å². The fourth-order valence-electron chi connectivity index (χ4n) is 2.82. The summed E-state index contributed by atoms with van der Waals surface area (Å²) in [6, 6.07) is 13.9. The number of ether oxygens (including phenoxy) is 1. The summed E-state index contributed by atoms with van der Waals surface area (Å²) in [5.41, 5.74) is 3.62. The van der Waals surface area contributed by atoms with Crippen molar-refractivity contribution in [1.29, 1.82) is 0 Å². The van der Waals surface area contributed by atoms with Crippen molar-refractivity contribution in [3.05, 3.63) is 53.6 Å². The summed E-state index contributed by atoms with van der Waals surface area (Å²) in [5.74, 6) is 1.20. The van der Waals surface area contributed by atoms with E-state index < -0.39 is 0 Å². The maximum atomic E-state index is 9.70. The maximum absolute atomic E-state index is 9.70. The number of fused-ring (bicyclic) bond motifs is 1. The summed E-state index contributed by atoms with van der Waals surface area (Å²) < 4.78 is 5.17. The van der Waals surface area contributed by atoms with Crippen molar-refractivity contribution in [2.75, 3.05) is 12.4 Å². The van der Waals surface area contributed by atoms with Crippen LogP contribution in [0, 0.1) is 0 Å². The molecule has 1 atom stereocenters. The van der Waals surface area contributed by atoms with Crippen LogP contribution in [-0.2, 0) is 6.42 Å². The second kappa shape index (κ2) is 5.45. The van der Waals surface area contributed by atoms with Gasteiger partial charge in [0.05, 0.1) is 13.2 Å². The van der Waals surface area contributed by atoms with Gasteiger partial charge in [-0.2, -0.15) is 0 Å². The Balaban J connectivity index is 1.83. The molecule has 2 aromatic carbocycles. The molecule has 0 heterocycles. The number of aryl methyl sites for hydroxylation is 1. The van der Waals surface area contributed by atoms with Crippen molar-refractivity contribution >= 4 is 5.69 Å². The molecule has 0 aromatic heterocycles. The van der Waals surface area contributed by atoms with Crippen LogP contribution < -0.4 is 10.1 Å².